The summed E-state index contributed by atoms with van der Waals surface area (Å²) in [7, 11) is 1.46. The fourth-order valence-corrected chi connectivity index (χ4v) is 2.00. The van der Waals surface area contributed by atoms with Gasteiger partial charge in [-0.2, -0.15) is 0 Å². The molecule has 1 amide bonds. The number of aryl methyl sites for hydroxylation is 1. The van der Waals surface area contributed by atoms with E-state index < -0.39 is 17.5 Å². The summed E-state index contributed by atoms with van der Waals surface area (Å²) < 4.78 is 32.3. The molecule has 0 atom stereocenters. The van der Waals surface area contributed by atoms with Crippen molar-refractivity contribution in [1.29, 1.82) is 0 Å². The molecule has 0 saturated heterocycles. The highest BCUT2D eigenvalue weighted by Gasteiger charge is 2.15. The van der Waals surface area contributed by atoms with Crippen molar-refractivity contribution in [2.45, 2.75) is 13.5 Å². The SMILES string of the molecule is COc1ccc(NC(=O)c2cc(F)c(C)cc2F)cc1CO. The molecule has 0 saturated carbocycles. The van der Waals surface area contributed by atoms with Crippen LogP contribution in [0.4, 0.5) is 14.5 Å². The Hall–Kier alpha value is -2.47. The third-order valence-corrected chi connectivity index (χ3v) is 3.20. The number of ether oxygens (including phenoxy) is 1. The van der Waals surface area contributed by atoms with Crippen molar-refractivity contribution >= 4 is 11.6 Å². The maximum Gasteiger partial charge on any atom is 0.258 e. The average molecular weight is 307 g/mol. The third-order valence-electron chi connectivity index (χ3n) is 3.20. The molecule has 0 spiro atoms. The zero-order valence-corrected chi connectivity index (χ0v) is 12.1. The van der Waals surface area contributed by atoms with Crippen LogP contribution in [-0.4, -0.2) is 18.1 Å². The molecule has 0 fully saturated rings. The quantitative estimate of drug-likeness (QED) is 0.913. The molecule has 2 aromatic carbocycles. The minimum Gasteiger partial charge on any atom is -0.496 e. The number of nitrogens with one attached hydrogen (secondary N) is 1. The number of aliphatic hydroxyl groups excluding tert-OH is 1. The zero-order valence-electron chi connectivity index (χ0n) is 12.1. The summed E-state index contributed by atoms with van der Waals surface area (Å²) >= 11 is 0. The Morgan fingerprint density at radius 3 is 2.59 bits per heavy atom. The van der Waals surface area contributed by atoms with E-state index in [2.05, 4.69) is 5.32 Å². The lowest BCUT2D eigenvalue weighted by atomic mass is 10.1. The van der Waals surface area contributed by atoms with Gasteiger partial charge in [-0.1, -0.05) is 0 Å². The predicted octanol–water partition coefficient (Wildman–Crippen LogP) is 3.03. The molecule has 2 aromatic rings. The summed E-state index contributed by atoms with van der Waals surface area (Å²) in [5.74, 6) is -1.76. The summed E-state index contributed by atoms with van der Waals surface area (Å²) in [5.41, 5.74) is 0.552. The second-order valence-corrected chi connectivity index (χ2v) is 4.72. The Morgan fingerprint density at radius 1 is 1.23 bits per heavy atom. The number of carbonyl (C=O) groups excluding carboxylic acids is 1. The molecule has 116 valence electrons. The van der Waals surface area contributed by atoms with Gasteiger partial charge in [-0.3, -0.25) is 4.79 Å². The van der Waals surface area contributed by atoms with Crippen molar-refractivity contribution in [3.8, 4) is 5.75 Å². The molecule has 0 unspecified atom stereocenters. The lowest BCUT2D eigenvalue weighted by molar-refractivity contribution is 0.102. The predicted molar refractivity (Wildman–Crippen MR) is 78.0 cm³/mol. The number of benzene rings is 2. The van der Waals surface area contributed by atoms with Crippen molar-refractivity contribution in [3.05, 3.63) is 58.7 Å². The maximum atomic E-state index is 13.8. The Balaban J connectivity index is 2.27. The van der Waals surface area contributed by atoms with Crippen molar-refractivity contribution in [2.75, 3.05) is 12.4 Å². The number of aliphatic hydroxyl groups is 1. The Kier molecular flexibility index (Phi) is 4.72. The molecule has 22 heavy (non-hydrogen) atoms. The van der Waals surface area contributed by atoms with E-state index in [0.29, 0.717) is 17.0 Å². The van der Waals surface area contributed by atoms with Gasteiger partial charge in [-0.25, -0.2) is 8.78 Å². The van der Waals surface area contributed by atoms with Crippen LogP contribution in [0.3, 0.4) is 0 Å². The van der Waals surface area contributed by atoms with Crippen LogP contribution in [-0.2, 0) is 6.61 Å². The van der Waals surface area contributed by atoms with Gasteiger partial charge in [0.25, 0.3) is 5.91 Å². The van der Waals surface area contributed by atoms with Crippen LogP contribution in [0, 0.1) is 18.6 Å². The van der Waals surface area contributed by atoms with E-state index in [1.165, 1.54) is 20.1 Å². The molecule has 0 heterocycles. The highest BCUT2D eigenvalue weighted by Crippen LogP contribution is 2.23. The van der Waals surface area contributed by atoms with Crippen molar-refractivity contribution in [2.24, 2.45) is 0 Å². The van der Waals surface area contributed by atoms with Crippen LogP contribution in [0.5, 0.6) is 5.75 Å². The van der Waals surface area contributed by atoms with Gasteiger partial charge in [0, 0.05) is 11.3 Å². The fourth-order valence-electron chi connectivity index (χ4n) is 2.00. The van der Waals surface area contributed by atoms with Crippen LogP contribution in [0.1, 0.15) is 21.5 Å². The highest BCUT2D eigenvalue weighted by atomic mass is 19.1. The normalized spacial score (nSPS) is 10.4. The van der Waals surface area contributed by atoms with Crippen LogP contribution in [0.2, 0.25) is 0 Å². The molecular formula is C16H15F2NO3. The number of methoxy groups -OCH3 is 1. The van der Waals surface area contributed by atoms with Gasteiger partial charge >= 0.3 is 0 Å². The molecule has 6 heteroatoms. The first-order valence-electron chi connectivity index (χ1n) is 6.51. The van der Waals surface area contributed by atoms with E-state index in [1.54, 1.807) is 12.1 Å². The average Bonchev–Trinajstić information content (AvgIpc) is 2.50. The first-order valence-corrected chi connectivity index (χ1v) is 6.51. The summed E-state index contributed by atoms with van der Waals surface area (Å²) in [4.78, 5) is 12.0. The second kappa shape index (κ2) is 6.53. The van der Waals surface area contributed by atoms with E-state index in [1.807, 2.05) is 0 Å². The lowest BCUT2D eigenvalue weighted by Crippen LogP contribution is -2.14. The van der Waals surface area contributed by atoms with Gasteiger partial charge in [0.2, 0.25) is 0 Å². The molecule has 0 radical (unpaired) electrons. The first-order chi connectivity index (χ1) is 10.5. The Bertz CT molecular complexity index is 717. The molecule has 0 aromatic heterocycles. The van der Waals surface area contributed by atoms with Crippen LogP contribution < -0.4 is 10.1 Å². The third kappa shape index (κ3) is 3.23. The molecule has 2 N–H and O–H groups in total. The number of rotatable bonds is 4. The van der Waals surface area contributed by atoms with E-state index in [-0.39, 0.29) is 17.7 Å². The van der Waals surface area contributed by atoms with Crippen LogP contribution in [0.25, 0.3) is 0 Å². The van der Waals surface area contributed by atoms with Gasteiger partial charge in [-0.05, 0) is 42.8 Å². The van der Waals surface area contributed by atoms with Gasteiger partial charge in [0.1, 0.15) is 17.4 Å². The van der Waals surface area contributed by atoms with Gasteiger partial charge in [-0.15, -0.1) is 0 Å². The Labute approximate surface area is 126 Å². The van der Waals surface area contributed by atoms with Crippen molar-refractivity contribution in [1.82, 2.24) is 0 Å². The minimum absolute atomic E-state index is 0.126. The second-order valence-electron chi connectivity index (χ2n) is 4.72. The van der Waals surface area contributed by atoms with Crippen LogP contribution >= 0.6 is 0 Å². The van der Waals surface area contributed by atoms with Gasteiger partial charge in [0.05, 0.1) is 19.3 Å². The number of hydrogen-bond donors (Lipinski definition) is 2. The fraction of sp³-hybridized carbons (Fsp3) is 0.188. The van der Waals surface area contributed by atoms with E-state index in [9.17, 15) is 18.7 Å². The summed E-state index contributed by atoms with van der Waals surface area (Å²) in [6, 6.07) is 6.43. The molecule has 0 aliphatic carbocycles. The van der Waals surface area contributed by atoms with E-state index >= 15 is 0 Å². The number of anilines is 1. The lowest BCUT2D eigenvalue weighted by Gasteiger charge is -2.11. The van der Waals surface area contributed by atoms with Crippen molar-refractivity contribution in [3.63, 3.8) is 0 Å². The van der Waals surface area contributed by atoms with Crippen LogP contribution in [0.15, 0.2) is 30.3 Å². The standard InChI is InChI=1S/C16H15F2NO3/c1-9-5-14(18)12(7-13(9)17)16(21)19-11-3-4-15(22-2)10(6-11)8-20/h3-7,20H,8H2,1-2H3,(H,19,21). The van der Waals surface area contributed by atoms with Crippen molar-refractivity contribution < 1.29 is 23.4 Å². The molecule has 0 bridgehead atoms. The molecule has 0 aliphatic heterocycles. The zero-order chi connectivity index (χ0) is 16.3. The van der Waals surface area contributed by atoms with E-state index in [0.717, 1.165) is 12.1 Å². The van der Waals surface area contributed by atoms with Gasteiger partial charge < -0.3 is 15.2 Å². The molecule has 0 aliphatic rings. The number of carbonyl (C=O) groups is 1. The maximum absolute atomic E-state index is 13.8. The topological polar surface area (TPSA) is 58.6 Å². The molecule has 2 rings (SSSR count). The smallest absolute Gasteiger partial charge is 0.258 e. The molecule has 4 nitrogen and oxygen atoms in total. The summed E-state index contributed by atoms with van der Waals surface area (Å²) in [6.07, 6.45) is 0. The minimum atomic E-state index is -0.799. The monoisotopic (exact) mass is 307 g/mol. The Morgan fingerprint density at radius 2 is 1.95 bits per heavy atom. The number of hydrogen-bond acceptors (Lipinski definition) is 3. The highest BCUT2D eigenvalue weighted by molar-refractivity contribution is 6.04. The van der Waals surface area contributed by atoms with E-state index in [4.69, 9.17) is 4.74 Å². The number of amides is 1. The number of halogens is 2. The first kappa shape index (κ1) is 15.9. The molecular weight excluding hydrogens is 292 g/mol. The van der Waals surface area contributed by atoms with Gasteiger partial charge in [0.15, 0.2) is 0 Å². The largest absolute Gasteiger partial charge is 0.496 e. The summed E-state index contributed by atoms with van der Waals surface area (Å²) in [6.45, 7) is 1.14. The summed E-state index contributed by atoms with van der Waals surface area (Å²) in [5, 5.41) is 11.7.